The van der Waals surface area contributed by atoms with Crippen LogP contribution in [0.2, 0.25) is 19.1 Å². The minimum Gasteiger partial charge on any atom is -0.468 e. The Labute approximate surface area is 181 Å². The maximum atomic E-state index is 12.6. The third-order valence-electron chi connectivity index (χ3n) is 7.17. The van der Waals surface area contributed by atoms with Gasteiger partial charge in [-0.2, -0.15) is 0 Å². The number of carbonyl (C=O) groups excluding carboxylic acids is 2. The Kier molecular flexibility index (Phi) is 6.66. The number of benzene rings is 2. The molecule has 1 fully saturated rings. The monoisotopic (exact) mass is 422 g/mol. The highest BCUT2D eigenvalue weighted by atomic mass is 28.3. The lowest BCUT2D eigenvalue weighted by Crippen LogP contribution is -2.39. The lowest BCUT2D eigenvalue weighted by atomic mass is 9.81. The van der Waals surface area contributed by atoms with Crippen LogP contribution in [0, 0.1) is 17.3 Å². The van der Waals surface area contributed by atoms with Gasteiger partial charge in [0.05, 0.1) is 15.2 Å². The van der Waals surface area contributed by atoms with Crippen molar-refractivity contribution in [3.05, 3.63) is 71.8 Å². The van der Waals surface area contributed by atoms with Crippen molar-refractivity contribution in [1.82, 2.24) is 0 Å². The highest BCUT2D eigenvalue weighted by Crippen LogP contribution is 2.51. The van der Waals surface area contributed by atoms with E-state index in [1.54, 1.807) is 6.92 Å². The Morgan fingerprint density at radius 1 is 1.00 bits per heavy atom. The molecule has 2 aromatic carbocycles. The predicted molar refractivity (Wildman–Crippen MR) is 124 cm³/mol. The van der Waals surface area contributed by atoms with Crippen LogP contribution in [0.25, 0.3) is 0 Å². The van der Waals surface area contributed by atoms with Crippen LogP contribution >= 0.6 is 0 Å². The number of ether oxygens (including phenoxy) is 1. The molecule has 1 aliphatic rings. The van der Waals surface area contributed by atoms with E-state index in [2.05, 4.69) is 80.7 Å². The number of hydrogen-bond donors (Lipinski definition) is 0. The van der Waals surface area contributed by atoms with Crippen molar-refractivity contribution < 1.29 is 14.3 Å². The van der Waals surface area contributed by atoms with E-state index in [0.717, 1.165) is 6.04 Å². The quantitative estimate of drug-likeness (QED) is 0.319. The van der Waals surface area contributed by atoms with E-state index < -0.39 is 13.5 Å². The zero-order valence-electron chi connectivity index (χ0n) is 18.9. The molecule has 1 saturated carbocycles. The molecule has 2 aromatic rings. The number of esters is 1. The van der Waals surface area contributed by atoms with Crippen molar-refractivity contribution in [2.24, 2.45) is 17.3 Å². The molecule has 3 nitrogen and oxygen atoms in total. The summed E-state index contributed by atoms with van der Waals surface area (Å²) in [5.41, 5.74) is 2.13. The summed E-state index contributed by atoms with van der Waals surface area (Å²) in [6.45, 7) is 8.65. The maximum absolute atomic E-state index is 12.6. The van der Waals surface area contributed by atoms with Crippen molar-refractivity contribution in [1.29, 1.82) is 0 Å². The summed E-state index contributed by atoms with van der Waals surface area (Å²) < 4.78 is 5.06. The highest BCUT2D eigenvalue weighted by molar-refractivity contribution is 6.79. The van der Waals surface area contributed by atoms with Crippen molar-refractivity contribution in [2.75, 3.05) is 7.11 Å². The van der Waals surface area contributed by atoms with E-state index in [0.29, 0.717) is 30.2 Å². The van der Waals surface area contributed by atoms with Gasteiger partial charge in [0, 0.05) is 5.54 Å². The Balaban J connectivity index is 1.93. The Bertz CT molecular complexity index is 838. The number of carbonyl (C=O) groups is 2. The fraction of sp³-hybridized carbons (Fsp3) is 0.462. The molecule has 1 unspecified atom stereocenters. The first-order valence-corrected chi connectivity index (χ1v) is 14.2. The fourth-order valence-electron chi connectivity index (χ4n) is 5.69. The van der Waals surface area contributed by atoms with Gasteiger partial charge in [-0.05, 0) is 42.7 Å². The van der Waals surface area contributed by atoms with Crippen LogP contribution in [-0.4, -0.2) is 26.9 Å². The second-order valence-corrected chi connectivity index (χ2v) is 14.7. The van der Waals surface area contributed by atoms with Crippen molar-refractivity contribution in [3.8, 4) is 0 Å². The Morgan fingerprint density at radius 2 is 1.50 bits per heavy atom. The molecule has 160 valence electrons. The van der Waals surface area contributed by atoms with Gasteiger partial charge in [0.2, 0.25) is 0 Å². The molecule has 4 heteroatoms. The van der Waals surface area contributed by atoms with Gasteiger partial charge in [-0.3, -0.25) is 9.59 Å². The maximum Gasteiger partial charge on any atom is 0.319 e. The SMILES string of the molecule is COC(=O)C1(C(C)=O)C[C@H](C[Si](C)(C)C(c2ccccc2)c2ccccc2)[C@@H](C)C1. The van der Waals surface area contributed by atoms with Crippen LogP contribution in [-0.2, 0) is 14.3 Å². The third kappa shape index (κ3) is 4.29. The van der Waals surface area contributed by atoms with Crippen molar-refractivity contribution in [2.45, 2.75) is 51.4 Å². The topological polar surface area (TPSA) is 43.4 Å². The summed E-state index contributed by atoms with van der Waals surface area (Å²) in [5.74, 6) is 0.272. The third-order valence-corrected chi connectivity index (χ3v) is 11.0. The largest absolute Gasteiger partial charge is 0.468 e. The van der Waals surface area contributed by atoms with E-state index in [9.17, 15) is 9.59 Å². The minimum absolute atomic E-state index is 0.0501. The molecular weight excluding hydrogens is 388 g/mol. The second kappa shape index (κ2) is 8.89. The highest BCUT2D eigenvalue weighted by Gasteiger charge is 2.54. The van der Waals surface area contributed by atoms with Gasteiger partial charge in [-0.25, -0.2) is 0 Å². The normalized spacial score (nSPS) is 24.1. The molecule has 1 aliphatic carbocycles. The van der Waals surface area contributed by atoms with Gasteiger partial charge in [-0.15, -0.1) is 0 Å². The fourth-order valence-corrected chi connectivity index (χ4v) is 10.0. The summed E-state index contributed by atoms with van der Waals surface area (Å²) in [5, 5.41) is 0. The molecule has 0 saturated heterocycles. The standard InChI is InChI=1S/C26H34O3Si/c1-19-16-26(20(2)27,25(28)29-3)17-23(19)18-30(4,5)24(21-12-8-6-9-13-21)22-14-10-7-11-15-22/h6-15,19,23-24H,16-18H2,1-5H3/t19-,23+,26?/m0/s1. The second-order valence-electron chi connectivity index (χ2n) is 9.72. The molecule has 3 atom stereocenters. The van der Waals surface area contributed by atoms with Crippen molar-refractivity contribution >= 4 is 19.8 Å². The van der Waals surface area contributed by atoms with Gasteiger partial charge < -0.3 is 4.74 Å². The zero-order valence-corrected chi connectivity index (χ0v) is 19.9. The van der Waals surface area contributed by atoms with Crippen LogP contribution in [0.3, 0.4) is 0 Å². The molecule has 0 aliphatic heterocycles. The van der Waals surface area contributed by atoms with Gasteiger partial charge >= 0.3 is 5.97 Å². The molecular formula is C26H34O3Si. The number of rotatable bonds is 7. The summed E-state index contributed by atoms with van der Waals surface area (Å²) in [6, 6.07) is 22.6. The first kappa shape index (κ1) is 22.5. The molecule has 0 N–H and O–H groups in total. The number of ketones is 1. The smallest absolute Gasteiger partial charge is 0.319 e. The summed E-state index contributed by atoms with van der Waals surface area (Å²) in [6.07, 6.45) is 1.22. The van der Waals surface area contributed by atoms with E-state index in [1.165, 1.54) is 18.2 Å². The first-order chi connectivity index (χ1) is 14.2. The van der Waals surface area contributed by atoms with Gasteiger partial charge in [0.1, 0.15) is 11.2 Å². The number of methoxy groups -OCH3 is 1. The van der Waals surface area contributed by atoms with Crippen LogP contribution in [0.15, 0.2) is 60.7 Å². The molecule has 3 rings (SSSR count). The van der Waals surface area contributed by atoms with Gasteiger partial charge in [-0.1, -0.05) is 86.7 Å². The van der Waals surface area contributed by atoms with E-state index in [-0.39, 0.29) is 11.8 Å². The lowest BCUT2D eigenvalue weighted by Gasteiger charge is -2.37. The zero-order chi connectivity index (χ0) is 21.9. The van der Waals surface area contributed by atoms with Gasteiger partial charge in [0.15, 0.2) is 0 Å². The average Bonchev–Trinajstić information content (AvgIpc) is 3.05. The van der Waals surface area contributed by atoms with Crippen LogP contribution in [0.4, 0.5) is 0 Å². The Morgan fingerprint density at radius 3 is 1.93 bits per heavy atom. The summed E-state index contributed by atoms with van der Waals surface area (Å²) >= 11 is 0. The van der Waals surface area contributed by atoms with E-state index >= 15 is 0 Å². The van der Waals surface area contributed by atoms with Crippen LogP contribution in [0.1, 0.15) is 43.4 Å². The predicted octanol–water partition coefficient (Wildman–Crippen LogP) is 5.86. The molecule has 0 amide bonds. The summed E-state index contributed by atoms with van der Waals surface area (Å²) in [7, 11) is -0.434. The minimum atomic E-state index is -1.83. The molecule has 30 heavy (non-hydrogen) atoms. The van der Waals surface area contributed by atoms with Crippen LogP contribution < -0.4 is 0 Å². The van der Waals surface area contributed by atoms with E-state index in [4.69, 9.17) is 4.74 Å². The van der Waals surface area contributed by atoms with Crippen molar-refractivity contribution in [3.63, 3.8) is 0 Å². The first-order valence-electron chi connectivity index (χ1n) is 10.9. The lowest BCUT2D eigenvalue weighted by molar-refractivity contribution is -0.157. The van der Waals surface area contributed by atoms with E-state index in [1.807, 2.05) is 0 Å². The molecule has 0 spiro atoms. The molecule has 0 bridgehead atoms. The Hall–Kier alpha value is -2.20. The molecule has 0 aromatic heterocycles. The summed E-state index contributed by atoms with van der Waals surface area (Å²) in [4.78, 5) is 25.1. The number of hydrogen-bond acceptors (Lipinski definition) is 3. The van der Waals surface area contributed by atoms with Gasteiger partial charge in [0.25, 0.3) is 0 Å². The number of Topliss-reactive ketones (excluding diaryl/α,β-unsaturated/α-hetero) is 1. The molecule has 0 radical (unpaired) electrons. The molecule has 0 heterocycles. The van der Waals surface area contributed by atoms with Crippen LogP contribution in [0.5, 0.6) is 0 Å². The average molecular weight is 423 g/mol.